The summed E-state index contributed by atoms with van der Waals surface area (Å²) in [5, 5.41) is -0.0893. The van der Waals surface area contributed by atoms with E-state index in [1.165, 1.54) is 6.20 Å². The summed E-state index contributed by atoms with van der Waals surface area (Å²) in [6, 6.07) is 0.171. The maximum Gasteiger partial charge on any atom is 0.280 e. The van der Waals surface area contributed by atoms with Gasteiger partial charge in [-0.05, 0) is 13.3 Å². The van der Waals surface area contributed by atoms with Gasteiger partial charge in [0.2, 0.25) is 0 Å². The number of halogens is 1. The number of imidazole rings is 1. The summed E-state index contributed by atoms with van der Waals surface area (Å²) in [4.78, 5) is 3.91. The highest BCUT2D eigenvalue weighted by Crippen LogP contribution is 2.23. The summed E-state index contributed by atoms with van der Waals surface area (Å²) < 4.78 is 29.2. The van der Waals surface area contributed by atoms with E-state index >= 15 is 0 Å². The van der Waals surface area contributed by atoms with E-state index < -0.39 is 9.05 Å². The first-order valence-corrected chi connectivity index (χ1v) is 6.87. The molecule has 1 aromatic heterocycles. The van der Waals surface area contributed by atoms with Crippen molar-refractivity contribution in [2.45, 2.75) is 24.4 Å². The van der Waals surface area contributed by atoms with Crippen LogP contribution >= 0.6 is 10.7 Å². The van der Waals surface area contributed by atoms with Gasteiger partial charge in [0.05, 0.1) is 12.6 Å². The third-order valence-electron chi connectivity index (χ3n) is 2.44. The molecule has 1 unspecified atom stereocenters. The molecule has 1 aliphatic rings. The standard InChI is InChI=1S/C8H11ClN2O3S/c1-6-10-8(15(9,12)13)4-11(6)7-2-3-14-5-7/h4,7H,2-3,5H2,1H3. The number of ether oxygens (including phenoxy) is 1. The van der Waals surface area contributed by atoms with Crippen LogP contribution in [-0.4, -0.2) is 31.2 Å². The van der Waals surface area contributed by atoms with Crippen LogP contribution in [0.3, 0.4) is 0 Å². The zero-order valence-electron chi connectivity index (χ0n) is 8.18. The van der Waals surface area contributed by atoms with Crippen LogP contribution in [0.25, 0.3) is 0 Å². The molecule has 1 saturated heterocycles. The van der Waals surface area contributed by atoms with Crippen LogP contribution in [0.5, 0.6) is 0 Å². The second kappa shape index (κ2) is 3.77. The minimum atomic E-state index is -3.73. The lowest BCUT2D eigenvalue weighted by molar-refractivity contribution is 0.186. The van der Waals surface area contributed by atoms with Crippen molar-refractivity contribution in [1.82, 2.24) is 9.55 Å². The third-order valence-corrected chi connectivity index (χ3v) is 3.61. The Morgan fingerprint density at radius 2 is 2.40 bits per heavy atom. The number of hydrogen-bond donors (Lipinski definition) is 0. The summed E-state index contributed by atoms with van der Waals surface area (Å²) in [7, 11) is 1.48. The molecule has 5 nitrogen and oxygen atoms in total. The van der Waals surface area contributed by atoms with E-state index in [0.29, 0.717) is 19.0 Å². The van der Waals surface area contributed by atoms with E-state index in [2.05, 4.69) is 4.98 Å². The Morgan fingerprint density at radius 1 is 1.67 bits per heavy atom. The average molecular weight is 251 g/mol. The van der Waals surface area contributed by atoms with Gasteiger partial charge in [0.15, 0.2) is 5.03 Å². The molecule has 84 valence electrons. The molecule has 1 aromatic rings. The van der Waals surface area contributed by atoms with Crippen molar-refractivity contribution in [2.24, 2.45) is 0 Å². The van der Waals surface area contributed by atoms with Gasteiger partial charge >= 0.3 is 0 Å². The Balaban J connectivity index is 2.37. The molecule has 0 N–H and O–H groups in total. The number of nitrogens with zero attached hydrogens (tertiary/aromatic N) is 2. The van der Waals surface area contributed by atoms with Crippen LogP contribution in [0.4, 0.5) is 0 Å². The predicted molar refractivity (Wildman–Crippen MR) is 54.5 cm³/mol. The van der Waals surface area contributed by atoms with Gasteiger partial charge < -0.3 is 9.30 Å². The maximum atomic E-state index is 11.1. The molecule has 0 aromatic carbocycles. The second-order valence-corrected chi connectivity index (χ2v) is 6.00. The van der Waals surface area contributed by atoms with Gasteiger partial charge in [-0.2, -0.15) is 0 Å². The van der Waals surface area contributed by atoms with Crippen molar-refractivity contribution >= 4 is 19.7 Å². The van der Waals surface area contributed by atoms with E-state index in [4.69, 9.17) is 15.4 Å². The largest absolute Gasteiger partial charge is 0.379 e. The maximum absolute atomic E-state index is 11.1. The van der Waals surface area contributed by atoms with Crippen molar-refractivity contribution in [3.8, 4) is 0 Å². The van der Waals surface area contributed by atoms with Gasteiger partial charge in [0.1, 0.15) is 5.82 Å². The van der Waals surface area contributed by atoms with Crippen LogP contribution in [0, 0.1) is 6.92 Å². The van der Waals surface area contributed by atoms with Gasteiger partial charge in [-0.25, -0.2) is 13.4 Å². The van der Waals surface area contributed by atoms with Crippen LogP contribution in [0.1, 0.15) is 18.3 Å². The SMILES string of the molecule is Cc1nc(S(=O)(=O)Cl)cn1C1CCOC1. The summed E-state index contributed by atoms with van der Waals surface area (Å²) in [6.45, 7) is 3.05. The van der Waals surface area contributed by atoms with Gasteiger partial charge in [-0.3, -0.25) is 0 Å². The molecule has 1 aliphatic heterocycles. The first kappa shape index (κ1) is 10.9. The van der Waals surface area contributed by atoms with Gasteiger partial charge in [-0.1, -0.05) is 0 Å². The minimum Gasteiger partial charge on any atom is -0.379 e. The molecular formula is C8H11ClN2O3S. The van der Waals surface area contributed by atoms with Crippen LogP contribution in [0.2, 0.25) is 0 Å². The molecule has 7 heteroatoms. The molecule has 2 rings (SSSR count). The van der Waals surface area contributed by atoms with Crippen molar-refractivity contribution in [3.05, 3.63) is 12.0 Å². The monoisotopic (exact) mass is 250 g/mol. The Labute approximate surface area is 92.4 Å². The quantitative estimate of drug-likeness (QED) is 0.737. The molecule has 2 heterocycles. The summed E-state index contributed by atoms with van der Waals surface area (Å²) >= 11 is 0. The zero-order chi connectivity index (χ0) is 11.1. The highest BCUT2D eigenvalue weighted by Gasteiger charge is 2.23. The molecule has 0 saturated carbocycles. The van der Waals surface area contributed by atoms with Gasteiger partial charge in [-0.15, -0.1) is 0 Å². The lowest BCUT2D eigenvalue weighted by Crippen LogP contribution is -2.09. The molecule has 0 amide bonds. The van der Waals surface area contributed by atoms with Gasteiger partial charge in [0, 0.05) is 23.5 Å². The van der Waals surface area contributed by atoms with Gasteiger partial charge in [0.25, 0.3) is 9.05 Å². The highest BCUT2D eigenvalue weighted by molar-refractivity contribution is 8.13. The summed E-state index contributed by atoms with van der Waals surface area (Å²) in [6.07, 6.45) is 2.34. The normalized spacial score (nSPS) is 22.1. The Hall–Kier alpha value is -0.590. The molecule has 1 atom stereocenters. The molecule has 0 bridgehead atoms. The fourth-order valence-electron chi connectivity index (χ4n) is 1.69. The molecule has 0 aliphatic carbocycles. The summed E-state index contributed by atoms with van der Waals surface area (Å²) in [5.41, 5.74) is 0. The predicted octanol–water partition coefficient (Wildman–Crippen LogP) is 1.08. The van der Waals surface area contributed by atoms with Crippen molar-refractivity contribution in [2.75, 3.05) is 13.2 Å². The smallest absolute Gasteiger partial charge is 0.280 e. The fraction of sp³-hybridized carbons (Fsp3) is 0.625. The van der Waals surface area contributed by atoms with Crippen molar-refractivity contribution in [3.63, 3.8) is 0 Å². The lowest BCUT2D eigenvalue weighted by Gasteiger charge is -2.10. The Bertz CT molecular complexity index is 462. The number of hydrogen-bond acceptors (Lipinski definition) is 4. The minimum absolute atomic E-state index is 0.0893. The van der Waals surface area contributed by atoms with E-state index in [9.17, 15) is 8.42 Å². The molecule has 0 spiro atoms. The fourth-order valence-corrected chi connectivity index (χ4v) is 2.39. The summed E-state index contributed by atoms with van der Waals surface area (Å²) in [5.74, 6) is 0.643. The van der Waals surface area contributed by atoms with E-state index in [0.717, 1.165) is 6.42 Å². The lowest BCUT2D eigenvalue weighted by atomic mass is 10.2. The van der Waals surface area contributed by atoms with Crippen LogP contribution in [0.15, 0.2) is 11.2 Å². The van der Waals surface area contributed by atoms with E-state index in [1.807, 2.05) is 4.57 Å². The Kier molecular flexibility index (Phi) is 2.74. The average Bonchev–Trinajstić information content (AvgIpc) is 2.69. The highest BCUT2D eigenvalue weighted by atomic mass is 35.7. The van der Waals surface area contributed by atoms with Crippen molar-refractivity contribution < 1.29 is 13.2 Å². The van der Waals surface area contributed by atoms with Crippen LogP contribution < -0.4 is 0 Å². The molecular weight excluding hydrogens is 240 g/mol. The van der Waals surface area contributed by atoms with E-state index in [1.54, 1.807) is 6.92 Å². The van der Waals surface area contributed by atoms with Crippen LogP contribution in [-0.2, 0) is 13.8 Å². The first-order chi connectivity index (χ1) is 6.98. The van der Waals surface area contributed by atoms with Crippen molar-refractivity contribution in [1.29, 1.82) is 0 Å². The third kappa shape index (κ3) is 2.16. The van der Waals surface area contributed by atoms with E-state index in [-0.39, 0.29) is 11.1 Å². The molecule has 15 heavy (non-hydrogen) atoms. The number of aromatic nitrogens is 2. The first-order valence-electron chi connectivity index (χ1n) is 4.56. The number of aryl methyl sites for hydroxylation is 1. The topological polar surface area (TPSA) is 61.2 Å². The second-order valence-electron chi connectivity index (χ2n) is 3.49. The molecule has 0 radical (unpaired) electrons. The Morgan fingerprint density at radius 3 is 2.87 bits per heavy atom. The zero-order valence-corrected chi connectivity index (χ0v) is 9.75. The molecule has 1 fully saturated rings. The number of rotatable bonds is 2.